The topological polar surface area (TPSA) is 80.5 Å². The molecule has 0 aliphatic carbocycles. The van der Waals surface area contributed by atoms with Crippen molar-refractivity contribution in [3.8, 4) is 0 Å². The summed E-state index contributed by atoms with van der Waals surface area (Å²) in [7, 11) is -3.50. The maximum Gasteiger partial charge on any atom is 0.247 e. The van der Waals surface area contributed by atoms with Crippen LogP contribution in [0.4, 0.5) is 11.4 Å². The fraction of sp³-hybridized carbons (Fsp3) is 0.500. The van der Waals surface area contributed by atoms with Crippen molar-refractivity contribution >= 4 is 27.1 Å². The maximum absolute atomic E-state index is 12.6. The molecule has 1 aromatic rings. The quantitative estimate of drug-likeness (QED) is 0.841. The molecule has 6 heteroatoms. The minimum atomic E-state index is -3.50. The van der Waals surface area contributed by atoms with E-state index in [0.717, 1.165) is 12.7 Å². The highest BCUT2D eigenvalue weighted by molar-refractivity contribution is 7.92. The van der Waals surface area contributed by atoms with E-state index in [2.05, 4.69) is 0 Å². The summed E-state index contributed by atoms with van der Waals surface area (Å²) >= 11 is 0. The molecule has 0 spiro atoms. The zero-order valence-corrected chi connectivity index (χ0v) is 13.2. The highest BCUT2D eigenvalue weighted by Crippen LogP contribution is 2.24. The molecule has 112 valence electrons. The number of carbonyl (C=O) groups is 1. The second-order valence-electron chi connectivity index (χ2n) is 5.33. The lowest BCUT2D eigenvalue weighted by molar-refractivity contribution is -0.120. The van der Waals surface area contributed by atoms with Gasteiger partial charge in [0.25, 0.3) is 0 Å². The van der Waals surface area contributed by atoms with Crippen LogP contribution in [0.1, 0.15) is 27.2 Å². The molecule has 20 heavy (non-hydrogen) atoms. The first-order valence-corrected chi connectivity index (χ1v) is 8.37. The average molecular weight is 298 g/mol. The number of carbonyl (C=O) groups excluding carboxylic acids is 1. The predicted octanol–water partition coefficient (Wildman–Crippen LogP) is 1.83. The Labute approximate surface area is 120 Å². The molecule has 0 fully saturated rings. The minimum absolute atomic E-state index is 0.424. The number of amides is 1. The lowest BCUT2D eigenvalue weighted by Crippen LogP contribution is -2.50. The van der Waals surface area contributed by atoms with Crippen molar-refractivity contribution in [2.45, 2.75) is 31.9 Å². The van der Waals surface area contributed by atoms with E-state index in [-0.39, 0.29) is 0 Å². The first-order chi connectivity index (χ1) is 9.11. The molecule has 0 radical (unpaired) electrons. The highest BCUT2D eigenvalue weighted by atomic mass is 32.2. The molecule has 5 nitrogen and oxygen atoms in total. The van der Waals surface area contributed by atoms with E-state index in [1.807, 2.05) is 6.92 Å². The van der Waals surface area contributed by atoms with Crippen molar-refractivity contribution in [2.75, 3.05) is 23.4 Å². The number of nitrogens with two attached hydrogens (primary N) is 1. The van der Waals surface area contributed by atoms with Crippen molar-refractivity contribution in [3.63, 3.8) is 0 Å². The molecule has 0 aliphatic rings. The third-order valence-electron chi connectivity index (χ3n) is 3.34. The summed E-state index contributed by atoms with van der Waals surface area (Å²) in [5.41, 5.74) is 6.89. The summed E-state index contributed by atoms with van der Waals surface area (Å²) in [5.74, 6) is -0.424. The SMILES string of the molecule is CCCN(C(=O)C(C)(C)S(C)(=O)=O)c1ccc(N)cc1. The fourth-order valence-corrected chi connectivity index (χ4v) is 2.14. The summed E-state index contributed by atoms with van der Waals surface area (Å²) in [6.45, 7) is 5.27. The van der Waals surface area contributed by atoms with Crippen molar-refractivity contribution in [1.82, 2.24) is 0 Å². The van der Waals surface area contributed by atoms with Gasteiger partial charge in [0, 0.05) is 24.2 Å². The van der Waals surface area contributed by atoms with Crippen LogP contribution in [0.15, 0.2) is 24.3 Å². The number of hydrogen-bond acceptors (Lipinski definition) is 4. The molecule has 0 saturated heterocycles. The van der Waals surface area contributed by atoms with E-state index in [4.69, 9.17) is 5.73 Å². The monoisotopic (exact) mass is 298 g/mol. The summed E-state index contributed by atoms with van der Waals surface area (Å²) in [4.78, 5) is 14.1. The number of benzene rings is 1. The smallest absolute Gasteiger partial charge is 0.247 e. The Morgan fingerprint density at radius 1 is 1.25 bits per heavy atom. The summed E-state index contributed by atoms with van der Waals surface area (Å²) in [5, 5.41) is 0. The van der Waals surface area contributed by atoms with Gasteiger partial charge in [-0.3, -0.25) is 4.79 Å². The maximum atomic E-state index is 12.6. The van der Waals surface area contributed by atoms with Crippen molar-refractivity contribution in [1.29, 1.82) is 0 Å². The molecular weight excluding hydrogens is 276 g/mol. The molecule has 0 unspecified atom stereocenters. The average Bonchev–Trinajstić information content (AvgIpc) is 2.35. The molecule has 1 amide bonds. The van der Waals surface area contributed by atoms with Crippen molar-refractivity contribution in [3.05, 3.63) is 24.3 Å². The number of hydrogen-bond donors (Lipinski definition) is 1. The second-order valence-corrected chi connectivity index (χ2v) is 7.90. The van der Waals surface area contributed by atoms with Crippen LogP contribution in [-0.2, 0) is 14.6 Å². The van der Waals surface area contributed by atoms with Crippen LogP contribution in [0.5, 0.6) is 0 Å². The van der Waals surface area contributed by atoms with E-state index in [1.54, 1.807) is 24.3 Å². The van der Waals surface area contributed by atoms with Crippen LogP contribution >= 0.6 is 0 Å². The summed E-state index contributed by atoms with van der Waals surface area (Å²) in [6, 6.07) is 6.83. The normalized spacial score (nSPS) is 12.2. The number of nitrogens with zero attached hydrogens (tertiary/aromatic N) is 1. The minimum Gasteiger partial charge on any atom is -0.399 e. The molecule has 0 saturated carbocycles. The summed E-state index contributed by atoms with van der Waals surface area (Å²) in [6.07, 6.45) is 1.81. The van der Waals surface area contributed by atoms with Gasteiger partial charge in [-0.15, -0.1) is 0 Å². The Kier molecular flexibility index (Phi) is 4.81. The lowest BCUT2D eigenvalue weighted by Gasteiger charge is -2.30. The molecule has 0 atom stereocenters. The van der Waals surface area contributed by atoms with Gasteiger partial charge in [0.2, 0.25) is 5.91 Å². The Balaban J connectivity index is 3.21. The summed E-state index contributed by atoms with van der Waals surface area (Å²) < 4.78 is 22.2. The largest absolute Gasteiger partial charge is 0.399 e. The molecule has 0 aliphatic heterocycles. The highest BCUT2D eigenvalue weighted by Gasteiger charge is 2.41. The van der Waals surface area contributed by atoms with Crippen LogP contribution in [0.25, 0.3) is 0 Å². The van der Waals surface area contributed by atoms with Gasteiger partial charge < -0.3 is 10.6 Å². The van der Waals surface area contributed by atoms with Gasteiger partial charge >= 0.3 is 0 Å². The molecule has 0 heterocycles. The predicted molar refractivity (Wildman–Crippen MR) is 82.4 cm³/mol. The molecule has 1 aromatic carbocycles. The Hall–Kier alpha value is -1.56. The third kappa shape index (κ3) is 3.30. The molecule has 0 aromatic heterocycles. The van der Waals surface area contributed by atoms with Gasteiger partial charge in [0.1, 0.15) is 4.75 Å². The van der Waals surface area contributed by atoms with Crippen LogP contribution < -0.4 is 10.6 Å². The van der Waals surface area contributed by atoms with E-state index in [0.29, 0.717) is 17.9 Å². The van der Waals surface area contributed by atoms with Gasteiger partial charge in [-0.2, -0.15) is 0 Å². The zero-order chi connectivity index (χ0) is 15.6. The Morgan fingerprint density at radius 3 is 2.15 bits per heavy atom. The van der Waals surface area contributed by atoms with Crippen LogP contribution in [0.3, 0.4) is 0 Å². The Morgan fingerprint density at radius 2 is 1.75 bits per heavy atom. The van der Waals surface area contributed by atoms with E-state index >= 15 is 0 Å². The van der Waals surface area contributed by atoms with Crippen LogP contribution in [-0.4, -0.2) is 31.9 Å². The van der Waals surface area contributed by atoms with Crippen molar-refractivity contribution < 1.29 is 13.2 Å². The van der Waals surface area contributed by atoms with E-state index < -0.39 is 20.5 Å². The van der Waals surface area contributed by atoms with Gasteiger partial charge in [-0.05, 0) is 44.5 Å². The van der Waals surface area contributed by atoms with Gasteiger partial charge in [-0.25, -0.2) is 8.42 Å². The number of rotatable bonds is 5. The van der Waals surface area contributed by atoms with E-state index in [9.17, 15) is 13.2 Å². The molecular formula is C14H22N2O3S. The standard InChI is InChI=1S/C14H22N2O3S/c1-5-10-16(12-8-6-11(15)7-9-12)13(17)14(2,3)20(4,18)19/h6-9H,5,10,15H2,1-4H3. The first-order valence-electron chi connectivity index (χ1n) is 6.48. The number of sulfone groups is 1. The third-order valence-corrected chi connectivity index (χ3v) is 5.37. The lowest BCUT2D eigenvalue weighted by atomic mass is 10.1. The molecule has 0 bridgehead atoms. The first kappa shape index (κ1) is 16.5. The number of nitrogen functional groups attached to an aromatic ring is 1. The van der Waals surface area contributed by atoms with Crippen LogP contribution in [0, 0.1) is 0 Å². The second kappa shape index (κ2) is 5.83. The van der Waals surface area contributed by atoms with Crippen molar-refractivity contribution in [2.24, 2.45) is 0 Å². The zero-order valence-electron chi connectivity index (χ0n) is 12.4. The van der Waals surface area contributed by atoms with E-state index in [1.165, 1.54) is 18.7 Å². The van der Waals surface area contributed by atoms with Gasteiger partial charge in [0.15, 0.2) is 9.84 Å². The number of anilines is 2. The molecule has 2 N–H and O–H groups in total. The van der Waals surface area contributed by atoms with Crippen LogP contribution in [0.2, 0.25) is 0 Å². The fourth-order valence-electron chi connectivity index (χ4n) is 1.71. The molecule has 1 rings (SSSR count). The van der Waals surface area contributed by atoms with Gasteiger partial charge in [0.05, 0.1) is 0 Å². The Bertz CT molecular complexity index is 577. The van der Waals surface area contributed by atoms with Gasteiger partial charge in [-0.1, -0.05) is 6.92 Å².